The van der Waals surface area contributed by atoms with Gasteiger partial charge in [0.15, 0.2) is 5.69 Å². The molecule has 2 aromatic carbocycles. The average molecular weight is 344 g/mol. The molecule has 0 aliphatic heterocycles. The van der Waals surface area contributed by atoms with Gasteiger partial charge in [0.05, 0.1) is 11.7 Å². The van der Waals surface area contributed by atoms with E-state index in [-0.39, 0.29) is 23.5 Å². The monoisotopic (exact) mass is 343 g/mol. The van der Waals surface area contributed by atoms with E-state index in [0.29, 0.717) is 10.7 Å². The maximum atomic E-state index is 13.0. The molecule has 1 N–H and O–H groups in total. The molecular weight excluding hydrogens is 329 g/mol. The van der Waals surface area contributed by atoms with Crippen molar-refractivity contribution in [2.45, 2.75) is 13.0 Å². The van der Waals surface area contributed by atoms with E-state index in [9.17, 15) is 9.18 Å². The molecule has 1 aromatic heterocycles. The number of amides is 1. The van der Waals surface area contributed by atoms with Crippen LogP contribution in [-0.2, 0) is 0 Å². The molecule has 0 saturated heterocycles. The molecule has 3 rings (SSSR count). The fourth-order valence-corrected chi connectivity index (χ4v) is 2.66. The lowest BCUT2D eigenvalue weighted by Crippen LogP contribution is -2.27. The third-order valence-electron chi connectivity index (χ3n) is 3.63. The Balaban J connectivity index is 1.74. The van der Waals surface area contributed by atoms with Gasteiger partial charge in [0, 0.05) is 11.2 Å². The second-order valence-corrected chi connectivity index (χ2v) is 5.75. The van der Waals surface area contributed by atoms with E-state index < -0.39 is 0 Å². The van der Waals surface area contributed by atoms with Crippen LogP contribution in [0.15, 0.2) is 60.8 Å². The topological polar surface area (TPSA) is 46.9 Å². The summed E-state index contributed by atoms with van der Waals surface area (Å²) in [6.07, 6.45) is 1.66. The molecule has 6 heteroatoms. The molecule has 0 radical (unpaired) electrons. The normalized spacial score (nSPS) is 12.0. The van der Waals surface area contributed by atoms with Crippen molar-refractivity contribution >= 4 is 17.5 Å². The van der Waals surface area contributed by atoms with Crippen LogP contribution >= 0.6 is 11.6 Å². The quantitative estimate of drug-likeness (QED) is 0.773. The summed E-state index contributed by atoms with van der Waals surface area (Å²) in [5.41, 5.74) is 1.79. The van der Waals surface area contributed by atoms with Crippen LogP contribution in [0.3, 0.4) is 0 Å². The maximum Gasteiger partial charge on any atom is 0.272 e. The van der Waals surface area contributed by atoms with Gasteiger partial charge in [-0.1, -0.05) is 29.8 Å². The van der Waals surface area contributed by atoms with Crippen molar-refractivity contribution in [2.75, 3.05) is 0 Å². The summed E-state index contributed by atoms with van der Waals surface area (Å²) in [5, 5.41) is 7.70. The first-order chi connectivity index (χ1) is 11.5. The zero-order chi connectivity index (χ0) is 17.1. The number of hydrogen-bond donors (Lipinski definition) is 1. The van der Waals surface area contributed by atoms with E-state index in [1.165, 1.54) is 16.8 Å². The van der Waals surface area contributed by atoms with Gasteiger partial charge < -0.3 is 5.32 Å². The minimum absolute atomic E-state index is 0.248. The Labute approximate surface area is 143 Å². The number of rotatable bonds is 4. The second kappa shape index (κ2) is 6.84. The number of carbonyl (C=O) groups is 1. The molecule has 0 fully saturated rings. The minimum atomic E-state index is -0.322. The van der Waals surface area contributed by atoms with Crippen molar-refractivity contribution in [2.24, 2.45) is 0 Å². The number of nitrogens with one attached hydrogen (secondary N) is 1. The van der Waals surface area contributed by atoms with E-state index in [0.717, 1.165) is 5.56 Å². The molecular formula is C18H15ClFN3O. The Hall–Kier alpha value is -2.66. The molecule has 1 heterocycles. The van der Waals surface area contributed by atoms with Gasteiger partial charge in [-0.3, -0.25) is 4.79 Å². The molecule has 0 unspecified atom stereocenters. The van der Waals surface area contributed by atoms with Crippen LogP contribution in [-0.4, -0.2) is 15.7 Å². The summed E-state index contributed by atoms with van der Waals surface area (Å²) in [6.45, 7) is 1.86. The minimum Gasteiger partial charge on any atom is -0.344 e. The van der Waals surface area contributed by atoms with Crippen molar-refractivity contribution in [1.82, 2.24) is 15.1 Å². The molecule has 4 nitrogen and oxygen atoms in total. The molecule has 0 saturated carbocycles. The number of hydrogen-bond acceptors (Lipinski definition) is 2. The first kappa shape index (κ1) is 16.2. The molecule has 0 aliphatic rings. The Morgan fingerprint density at radius 2 is 1.88 bits per heavy atom. The fourth-order valence-electron chi connectivity index (χ4n) is 2.36. The zero-order valence-electron chi connectivity index (χ0n) is 12.9. The van der Waals surface area contributed by atoms with Crippen molar-refractivity contribution in [3.8, 4) is 5.69 Å². The van der Waals surface area contributed by atoms with Crippen molar-refractivity contribution in [3.05, 3.63) is 82.9 Å². The van der Waals surface area contributed by atoms with E-state index in [4.69, 9.17) is 11.6 Å². The standard InChI is InChI=1S/C18H15ClFN3O/c1-12(15-4-2-3-5-16(15)19)21-18(24)17-10-11-23(22-17)14-8-6-13(20)7-9-14/h2-12H,1H3,(H,21,24)/t12-/m0/s1. The van der Waals surface area contributed by atoms with Crippen LogP contribution < -0.4 is 5.32 Å². The highest BCUT2D eigenvalue weighted by molar-refractivity contribution is 6.31. The van der Waals surface area contributed by atoms with Crippen LogP contribution in [0.1, 0.15) is 29.0 Å². The first-order valence-corrected chi connectivity index (χ1v) is 7.79. The molecule has 3 aromatic rings. The Morgan fingerprint density at radius 1 is 1.17 bits per heavy atom. The van der Waals surface area contributed by atoms with Crippen molar-refractivity contribution in [1.29, 1.82) is 0 Å². The number of aromatic nitrogens is 2. The predicted molar refractivity (Wildman–Crippen MR) is 90.9 cm³/mol. The van der Waals surface area contributed by atoms with Crippen LogP contribution in [0.2, 0.25) is 5.02 Å². The van der Waals surface area contributed by atoms with Crippen LogP contribution in [0.25, 0.3) is 5.69 Å². The Bertz CT molecular complexity index is 861. The third kappa shape index (κ3) is 3.46. The van der Waals surface area contributed by atoms with Crippen molar-refractivity contribution < 1.29 is 9.18 Å². The summed E-state index contributed by atoms with van der Waals surface area (Å²) >= 11 is 6.14. The number of carbonyl (C=O) groups excluding carboxylic acids is 1. The van der Waals surface area contributed by atoms with Gasteiger partial charge in [-0.05, 0) is 48.9 Å². The van der Waals surface area contributed by atoms with Crippen molar-refractivity contribution in [3.63, 3.8) is 0 Å². The molecule has 0 aliphatic carbocycles. The van der Waals surface area contributed by atoms with Crippen LogP contribution in [0.4, 0.5) is 4.39 Å². The number of nitrogens with zero attached hydrogens (tertiary/aromatic N) is 2. The van der Waals surface area contributed by atoms with Gasteiger partial charge in [-0.2, -0.15) is 5.10 Å². The van der Waals surface area contributed by atoms with Gasteiger partial charge >= 0.3 is 0 Å². The highest BCUT2D eigenvalue weighted by atomic mass is 35.5. The smallest absolute Gasteiger partial charge is 0.272 e. The predicted octanol–water partition coefficient (Wildman–Crippen LogP) is 4.16. The molecule has 0 bridgehead atoms. The summed E-state index contributed by atoms with van der Waals surface area (Å²) in [7, 11) is 0. The van der Waals surface area contributed by atoms with Gasteiger partial charge in [0.1, 0.15) is 5.82 Å². The summed E-state index contributed by atoms with van der Waals surface area (Å²) in [4.78, 5) is 12.3. The number of halogens is 2. The highest BCUT2D eigenvalue weighted by Crippen LogP contribution is 2.22. The Kier molecular flexibility index (Phi) is 4.62. The van der Waals surface area contributed by atoms with Gasteiger partial charge in [0.2, 0.25) is 0 Å². The van der Waals surface area contributed by atoms with Gasteiger partial charge in [-0.15, -0.1) is 0 Å². The van der Waals surface area contributed by atoms with E-state index in [1.54, 1.807) is 30.5 Å². The third-order valence-corrected chi connectivity index (χ3v) is 3.98. The molecule has 1 amide bonds. The highest BCUT2D eigenvalue weighted by Gasteiger charge is 2.16. The van der Waals surface area contributed by atoms with E-state index in [2.05, 4.69) is 10.4 Å². The molecule has 1 atom stereocenters. The van der Waals surface area contributed by atoms with Gasteiger partial charge in [-0.25, -0.2) is 9.07 Å². The molecule has 24 heavy (non-hydrogen) atoms. The van der Waals surface area contributed by atoms with Crippen LogP contribution in [0, 0.1) is 5.82 Å². The Morgan fingerprint density at radius 3 is 2.58 bits per heavy atom. The zero-order valence-corrected chi connectivity index (χ0v) is 13.7. The fraction of sp³-hybridized carbons (Fsp3) is 0.111. The average Bonchev–Trinajstić information content (AvgIpc) is 3.06. The molecule has 122 valence electrons. The van der Waals surface area contributed by atoms with E-state index in [1.807, 2.05) is 25.1 Å². The summed E-state index contributed by atoms with van der Waals surface area (Å²) < 4.78 is 14.5. The van der Waals surface area contributed by atoms with Gasteiger partial charge in [0.25, 0.3) is 5.91 Å². The lowest BCUT2D eigenvalue weighted by Gasteiger charge is -2.14. The summed E-state index contributed by atoms with van der Waals surface area (Å²) in [6, 6.07) is 14.6. The lowest BCUT2D eigenvalue weighted by molar-refractivity contribution is 0.0934. The summed E-state index contributed by atoms with van der Waals surface area (Å²) in [5.74, 6) is -0.624. The van der Waals surface area contributed by atoms with Crippen LogP contribution in [0.5, 0.6) is 0 Å². The molecule has 0 spiro atoms. The SMILES string of the molecule is C[C@H](NC(=O)c1ccn(-c2ccc(F)cc2)n1)c1ccccc1Cl. The second-order valence-electron chi connectivity index (χ2n) is 5.34. The number of benzene rings is 2. The van der Waals surface area contributed by atoms with E-state index >= 15 is 0 Å². The maximum absolute atomic E-state index is 13.0. The lowest BCUT2D eigenvalue weighted by atomic mass is 10.1. The first-order valence-electron chi connectivity index (χ1n) is 7.41. The largest absolute Gasteiger partial charge is 0.344 e.